The highest BCUT2D eigenvalue weighted by Crippen LogP contribution is 2.26. The molecule has 2 rings (SSSR count). The van der Waals surface area contributed by atoms with Crippen molar-refractivity contribution in [3.8, 4) is 5.75 Å². The summed E-state index contributed by atoms with van der Waals surface area (Å²) in [5.41, 5.74) is -0.450. The minimum atomic E-state index is -1.08. The molecule has 0 aliphatic carbocycles. The van der Waals surface area contributed by atoms with Crippen molar-refractivity contribution in [2.45, 2.75) is 26.8 Å². The Morgan fingerprint density at radius 1 is 1.27 bits per heavy atom. The van der Waals surface area contributed by atoms with Gasteiger partial charge >= 0.3 is 11.6 Å². The van der Waals surface area contributed by atoms with Gasteiger partial charge in [0.05, 0.1) is 11.1 Å². The summed E-state index contributed by atoms with van der Waals surface area (Å²) in [6.45, 7) is 4.93. The van der Waals surface area contributed by atoms with Crippen LogP contribution in [0.25, 0.3) is 11.0 Å². The predicted octanol–water partition coefficient (Wildman–Crippen LogP) is 2.42. The Bertz CT molecular complexity index is 804. The van der Waals surface area contributed by atoms with Gasteiger partial charge in [-0.2, -0.15) is 0 Å². The number of aliphatic carboxylic acids is 1. The number of para-hydroxylation sites is 1. The fourth-order valence-corrected chi connectivity index (χ4v) is 2.22. The van der Waals surface area contributed by atoms with Gasteiger partial charge < -0.3 is 14.6 Å². The zero-order valence-electron chi connectivity index (χ0n) is 12.5. The molecule has 22 heavy (non-hydrogen) atoms. The van der Waals surface area contributed by atoms with Gasteiger partial charge in [-0.25, -0.2) is 9.59 Å². The van der Waals surface area contributed by atoms with Crippen molar-refractivity contribution in [3.05, 3.63) is 40.2 Å². The molecule has 2 N–H and O–H groups in total. The van der Waals surface area contributed by atoms with Gasteiger partial charge in [0, 0.05) is 0 Å². The first-order valence-electron chi connectivity index (χ1n) is 6.85. The molecular formula is C16H17NO5. The van der Waals surface area contributed by atoms with Crippen LogP contribution in [-0.4, -0.2) is 27.9 Å². The lowest BCUT2D eigenvalue weighted by atomic mass is 10.0. The summed E-state index contributed by atoms with van der Waals surface area (Å²) in [6.07, 6.45) is 0. The number of carbonyl (C=O) groups is 1. The molecule has 6 nitrogen and oxygen atoms in total. The standard InChI is InChI=1S/C16H17NO5/c1-8(2)13(15(19)20)17-9(3)12-14(18)10-6-4-5-7-11(10)22-16(12)21/h4-8,13,18H,1-3H3,(H,19,20). The molecule has 6 heteroatoms. The molecule has 0 radical (unpaired) electrons. The molecule has 0 spiro atoms. The summed E-state index contributed by atoms with van der Waals surface area (Å²) in [4.78, 5) is 27.4. The first-order chi connectivity index (χ1) is 10.3. The highest BCUT2D eigenvalue weighted by atomic mass is 16.4. The largest absolute Gasteiger partial charge is 0.506 e. The van der Waals surface area contributed by atoms with Crippen molar-refractivity contribution < 1.29 is 19.4 Å². The lowest BCUT2D eigenvalue weighted by Crippen LogP contribution is -2.26. The number of hydrogen-bond donors (Lipinski definition) is 2. The van der Waals surface area contributed by atoms with Crippen LogP contribution in [0, 0.1) is 5.92 Å². The molecule has 2 aromatic rings. The number of rotatable bonds is 4. The minimum Gasteiger partial charge on any atom is -0.506 e. The molecule has 0 aliphatic rings. The maximum atomic E-state index is 12.1. The molecule has 0 bridgehead atoms. The van der Waals surface area contributed by atoms with Crippen LogP contribution in [0.2, 0.25) is 0 Å². The third kappa shape index (κ3) is 2.86. The third-order valence-corrected chi connectivity index (χ3v) is 3.36. The molecule has 1 heterocycles. The Balaban J connectivity index is 2.64. The predicted molar refractivity (Wildman–Crippen MR) is 82.6 cm³/mol. The minimum absolute atomic E-state index is 0.106. The molecule has 1 aromatic heterocycles. The van der Waals surface area contributed by atoms with Crippen LogP contribution in [0.15, 0.2) is 38.5 Å². The second-order valence-corrected chi connectivity index (χ2v) is 5.35. The highest BCUT2D eigenvalue weighted by molar-refractivity contribution is 6.05. The quantitative estimate of drug-likeness (QED) is 0.667. The van der Waals surface area contributed by atoms with Gasteiger partial charge in [0.25, 0.3) is 0 Å². The number of fused-ring (bicyclic) bond motifs is 1. The summed E-state index contributed by atoms with van der Waals surface area (Å²) in [6, 6.07) is 5.57. The SMILES string of the molecule is CC(=NC(C(=O)O)C(C)C)c1c(O)c2ccccc2oc1=O. The Hall–Kier alpha value is -2.63. The first kappa shape index (κ1) is 15.8. The number of hydrogen-bond acceptors (Lipinski definition) is 5. The highest BCUT2D eigenvalue weighted by Gasteiger charge is 2.23. The molecule has 0 saturated carbocycles. The number of carboxylic acids is 1. The smallest absolute Gasteiger partial charge is 0.349 e. The molecule has 116 valence electrons. The van der Waals surface area contributed by atoms with Gasteiger partial charge in [0.1, 0.15) is 22.9 Å². The lowest BCUT2D eigenvalue weighted by molar-refractivity contribution is -0.139. The van der Waals surface area contributed by atoms with Crippen molar-refractivity contribution in [3.63, 3.8) is 0 Å². The Kier molecular flexibility index (Phi) is 4.30. The van der Waals surface area contributed by atoms with Gasteiger partial charge in [-0.05, 0) is 25.0 Å². The summed E-state index contributed by atoms with van der Waals surface area (Å²) >= 11 is 0. The van der Waals surface area contributed by atoms with Gasteiger partial charge in [-0.3, -0.25) is 4.99 Å². The van der Waals surface area contributed by atoms with Crippen molar-refractivity contribution in [1.29, 1.82) is 0 Å². The van der Waals surface area contributed by atoms with E-state index in [0.717, 1.165) is 0 Å². The van der Waals surface area contributed by atoms with E-state index < -0.39 is 17.6 Å². The van der Waals surface area contributed by atoms with Crippen LogP contribution in [0.5, 0.6) is 5.75 Å². The fourth-order valence-electron chi connectivity index (χ4n) is 2.22. The zero-order valence-corrected chi connectivity index (χ0v) is 12.5. The summed E-state index contributed by atoms with van der Waals surface area (Å²) < 4.78 is 5.15. The monoisotopic (exact) mass is 303 g/mol. The maximum absolute atomic E-state index is 12.1. The number of aromatic hydroxyl groups is 1. The molecule has 1 aromatic carbocycles. The van der Waals surface area contributed by atoms with E-state index in [0.29, 0.717) is 5.39 Å². The summed E-state index contributed by atoms with van der Waals surface area (Å²) in [5.74, 6) is -1.58. The van der Waals surface area contributed by atoms with E-state index in [-0.39, 0.29) is 28.5 Å². The summed E-state index contributed by atoms with van der Waals surface area (Å²) in [7, 11) is 0. The Morgan fingerprint density at radius 2 is 1.91 bits per heavy atom. The van der Waals surface area contributed by atoms with Crippen LogP contribution in [0.1, 0.15) is 26.3 Å². The van der Waals surface area contributed by atoms with E-state index in [9.17, 15) is 19.8 Å². The maximum Gasteiger partial charge on any atom is 0.349 e. The molecule has 0 aliphatic heterocycles. The van der Waals surface area contributed by atoms with E-state index in [4.69, 9.17) is 4.42 Å². The van der Waals surface area contributed by atoms with Crippen LogP contribution < -0.4 is 5.63 Å². The molecule has 1 unspecified atom stereocenters. The van der Waals surface area contributed by atoms with Gasteiger partial charge in [-0.1, -0.05) is 26.0 Å². The van der Waals surface area contributed by atoms with Gasteiger partial charge in [-0.15, -0.1) is 0 Å². The fraction of sp³-hybridized carbons (Fsp3) is 0.312. The number of aliphatic imine (C=N–C) groups is 1. The first-order valence-corrected chi connectivity index (χ1v) is 6.85. The topological polar surface area (TPSA) is 100 Å². The Morgan fingerprint density at radius 3 is 2.50 bits per heavy atom. The normalized spacial score (nSPS) is 13.5. The van der Waals surface area contributed by atoms with Crippen LogP contribution in [-0.2, 0) is 4.79 Å². The zero-order chi connectivity index (χ0) is 16.4. The van der Waals surface area contributed by atoms with E-state index >= 15 is 0 Å². The Labute approximate surface area is 126 Å². The van der Waals surface area contributed by atoms with E-state index in [1.165, 1.54) is 6.92 Å². The van der Waals surface area contributed by atoms with Gasteiger partial charge in [0.15, 0.2) is 0 Å². The van der Waals surface area contributed by atoms with E-state index in [2.05, 4.69) is 4.99 Å². The molecular weight excluding hydrogens is 286 g/mol. The van der Waals surface area contributed by atoms with Gasteiger partial charge in [0.2, 0.25) is 0 Å². The molecule has 0 amide bonds. The number of nitrogens with zero attached hydrogens (tertiary/aromatic N) is 1. The molecule has 1 atom stereocenters. The van der Waals surface area contributed by atoms with Crippen LogP contribution in [0.3, 0.4) is 0 Å². The van der Waals surface area contributed by atoms with Crippen molar-refractivity contribution >= 4 is 22.7 Å². The lowest BCUT2D eigenvalue weighted by Gasteiger charge is -2.13. The van der Waals surface area contributed by atoms with E-state index in [1.807, 2.05) is 0 Å². The van der Waals surface area contributed by atoms with Crippen LogP contribution >= 0.6 is 0 Å². The second-order valence-electron chi connectivity index (χ2n) is 5.35. The second kappa shape index (κ2) is 6.01. The average Bonchev–Trinajstić information content (AvgIpc) is 2.44. The average molecular weight is 303 g/mol. The van der Waals surface area contributed by atoms with E-state index in [1.54, 1.807) is 38.1 Å². The summed E-state index contributed by atoms with van der Waals surface area (Å²) in [5, 5.41) is 19.9. The van der Waals surface area contributed by atoms with Crippen molar-refractivity contribution in [2.75, 3.05) is 0 Å². The number of benzene rings is 1. The number of carboxylic acid groups (broad SMARTS) is 1. The molecule has 0 fully saturated rings. The third-order valence-electron chi connectivity index (χ3n) is 3.36. The van der Waals surface area contributed by atoms with Crippen molar-refractivity contribution in [1.82, 2.24) is 0 Å². The molecule has 0 saturated heterocycles. The van der Waals surface area contributed by atoms with Crippen LogP contribution in [0.4, 0.5) is 0 Å². The van der Waals surface area contributed by atoms with Crippen molar-refractivity contribution in [2.24, 2.45) is 10.9 Å².